The number of nitrogens with one attached hydrogen (secondary N) is 1. The van der Waals surface area contributed by atoms with Crippen molar-refractivity contribution in [2.24, 2.45) is 5.92 Å². The molecule has 0 aromatic heterocycles. The predicted molar refractivity (Wildman–Crippen MR) is 102 cm³/mol. The zero-order valence-corrected chi connectivity index (χ0v) is 15.5. The van der Waals surface area contributed by atoms with Gasteiger partial charge in [-0.3, -0.25) is 9.59 Å². The quantitative estimate of drug-likeness (QED) is 0.843. The van der Waals surface area contributed by atoms with Gasteiger partial charge in [0.2, 0.25) is 5.91 Å². The Balaban J connectivity index is 2.23. The minimum Gasteiger partial charge on any atom is -0.340 e. The normalized spacial score (nSPS) is 11.9. The lowest BCUT2D eigenvalue weighted by atomic mass is 10.0. The Morgan fingerprint density at radius 2 is 1.64 bits per heavy atom. The fourth-order valence-corrected chi connectivity index (χ4v) is 2.84. The van der Waals surface area contributed by atoms with E-state index < -0.39 is 6.04 Å². The van der Waals surface area contributed by atoms with Gasteiger partial charge in [0.15, 0.2) is 0 Å². The van der Waals surface area contributed by atoms with E-state index >= 15 is 0 Å². The van der Waals surface area contributed by atoms with Crippen molar-refractivity contribution < 1.29 is 9.59 Å². The van der Waals surface area contributed by atoms with E-state index in [2.05, 4.69) is 5.32 Å². The summed E-state index contributed by atoms with van der Waals surface area (Å²) in [5, 5.41) is 3.21. The van der Waals surface area contributed by atoms with Crippen LogP contribution >= 0.6 is 11.6 Å². The lowest BCUT2D eigenvalue weighted by molar-refractivity contribution is -0.121. The summed E-state index contributed by atoms with van der Waals surface area (Å²) in [5.74, 6) is -0.539. The molecule has 0 saturated heterocycles. The summed E-state index contributed by atoms with van der Waals surface area (Å²) in [6.45, 7) is 6.26. The first-order valence-electron chi connectivity index (χ1n) is 8.37. The Kier molecular flexibility index (Phi) is 6.59. The number of likely N-dealkylation sites (N-methyl/N-ethyl adjacent to an activating group) is 1. The molecule has 0 bridgehead atoms. The SMILES string of the molecule is CCN(C(=O)C(NC(=O)c1ccccc1Cl)C(C)C)c1ccccc1. The van der Waals surface area contributed by atoms with Gasteiger partial charge < -0.3 is 10.2 Å². The van der Waals surface area contributed by atoms with Crippen LogP contribution in [0.3, 0.4) is 0 Å². The van der Waals surface area contributed by atoms with E-state index in [-0.39, 0.29) is 17.7 Å². The molecule has 0 saturated carbocycles. The second-order valence-corrected chi connectivity index (χ2v) is 6.50. The van der Waals surface area contributed by atoms with Crippen molar-refractivity contribution >= 4 is 29.1 Å². The second-order valence-electron chi connectivity index (χ2n) is 6.09. The molecule has 2 rings (SSSR count). The van der Waals surface area contributed by atoms with Gasteiger partial charge in [-0.2, -0.15) is 0 Å². The second kappa shape index (κ2) is 8.67. The van der Waals surface area contributed by atoms with Crippen LogP contribution in [0.1, 0.15) is 31.1 Å². The highest BCUT2D eigenvalue weighted by Gasteiger charge is 2.29. The molecule has 1 unspecified atom stereocenters. The maximum atomic E-state index is 13.0. The summed E-state index contributed by atoms with van der Waals surface area (Å²) in [4.78, 5) is 27.3. The van der Waals surface area contributed by atoms with Gasteiger partial charge in [0, 0.05) is 12.2 Å². The van der Waals surface area contributed by atoms with Crippen LogP contribution in [0.4, 0.5) is 5.69 Å². The van der Waals surface area contributed by atoms with E-state index in [1.807, 2.05) is 51.1 Å². The first kappa shape index (κ1) is 19.0. The van der Waals surface area contributed by atoms with Crippen LogP contribution in [0.25, 0.3) is 0 Å². The first-order chi connectivity index (χ1) is 12.0. The summed E-state index contributed by atoms with van der Waals surface area (Å²) in [5.41, 5.74) is 1.18. The van der Waals surface area contributed by atoms with Crippen molar-refractivity contribution in [1.29, 1.82) is 0 Å². The first-order valence-corrected chi connectivity index (χ1v) is 8.75. The zero-order valence-electron chi connectivity index (χ0n) is 14.7. The summed E-state index contributed by atoms with van der Waals surface area (Å²) < 4.78 is 0. The van der Waals surface area contributed by atoms with Gasteiger partial charge >= 0.3 is 0 Å². The highest BCUT2D eigenvalue weighted by atomic mass is 35.5. The number of carbonyl (C=O) groups is 2. The van der Waals surface area contributed by atoms with Crippen LogP contribution in [0.5, 0.6) is 0 Å². The van der Waals surface area contributed by atoms with E-state index in [0.717, 1.165) is 5.69 Å². The van der Waals surface area contributed by atoms with Crippen LogP contribution in [-0.2, 0) is 4.79 Å². The fraction of sp³-hybridized carbons (Fsp3) is 0.300. The Morgan fingerprint density at radius 3 is 2.20 bits per heavy atom. The number of carbonyl (C=O) groups excluding carboxylic acids is 2. The standard InChI is InChI=1S/C20H23ClN2O2/c1-4-23(15-10-6-5-7-11-15)20(25)18(14(2)3)22-19(24)16-12-8-9-13-17(16)21/h5-14,18H,4H2,1-3H3,(H,22,24). The fourth-order valence-electron chi connectivity index (χ4n) is 2.62. The lowest BCUT2D eigenvalue weighted by Crippen LogP contribution is -2.51. The Labute approximate surface area is 153 Å². The maximum Gasteiger partial charge on any atom is 0.253 e. The Morgan fingerprint density at radius 1 is 1.04 bits per heavy atom. The molecule has 0 radical (unpaired) electrons. The largest absolute Gasteiger partial charge is 0.340 e. The molecular weight excluding hydrogens is 336 g/mol. The molecule has 0 aliphatic heterocycles. The molecule has 1 atom stereocenters. The van der Waals surface area contributed by atoms with Crippen molar-refractivity contribution in [2.45, 2.75) is 26.8 Å². The third-order valence-electron chi connectivity index (χ3n) is 3.99. The number of para-hydroxylation sites is 1. The van der Waals surface area contributed by atoms with E-state index in [4.69, 9.17) is 11.6 Å². The Bertz CT molecular complexity index is 731. The maximum absolute atomic E-state index is 13.0. The smallest absolute Gasteiger partial charge is 0.253 e. The molecule has 2 amide bonds. The van der Waals surface area contributed by atoms with Crippen molar-refractivity contribution in [3.05, 3.63) is 65.2 Å². The molecule has 0 aliphatic carbocycles. The molecule has 5 heteroatoms. The molecule has 0 heterocycles. The minimum atomic E-state index is -0.635. The molecule has 4 nitrogen and oxygen atoms in total. The van der Waals surface area contributed by atoms with E-state index in [1.165, 1.54) is 0 Å². The van der Waals surface area contributed by atoms with Gasteiger partial charge in [0.25, 0.3) is 5.91 Å². The lowest BCUT2D eigenvalue weighted by Gasteiger charge is -2.29. The average Bonchev–Trinajstić information content (AvgIpc) is 2.61. The van der Waals surface area contributed by atoms with E-state index in [1.54, 1.807) is 29.2 Å². The molecule has 1 N–H and O–H groups in total. The van der Waals surface area contributed by atoms with Crippen molar-refractivity contribution in [3.63, 3.8) is 0 Å². The summed E-state index contributed by atoms with van der Waals surface area (Å²) in [6.07, 6.45) is 0. The van der Waals surface area contributed by atoms with Gasteiger partial charge in [0.05, 0.1) is 10.6 Å². The van der Waals surface area contributed by atoms with Crippen molar-refractivity contribution in [3.8, 4) is 0 Å². The highest BCUT2D eigenvalue weighted by molar-refractivity contribution is 6.33. The number of hydrogen-bond acceptors (Lipinski definition) is 2. The van der Waals surface area contributed by atoms with Crippen LogP contribution in [-0.4, -0.2) is 24.4 Å². The predicted octanol–water partition coefficient (Wildman–Crippen LogP) is 4.15. The molecule has 2 aromatic carbocycles. The van der Waals surface area contributed by atoms with Gasteiger partial charge in [-0.15, -0.1) is 0 Å². The van der Waals surface area contributed by atoms with Crippen LogP contribution in [0, 0.1) is 5.92 Å². The number of amides is 2. The molecule has 132 valence electrons. The average molecular weight is 359 g/mol. The number of benzene rings is 2. The zero-order chi connectivity index (χ0) is 18.4. The minimum absolute atomic E-state index is 0.0586. The number of halogens is 1. The van der Waals surface area contributed by atoms with Gasteiger partial charge in [-0.1, -0.05) is 55.8 Å². The molecule has 0 fully saturated rings. The van der Waals surface area contributed by atoms with Crippen molar-refractivity contribution in [1.82, 2.24) is 5.32 Å². The number of anilines is 1. The van der Waals surface area contributed by atoms with Crippen LogP contribution in [0.2, 0.25) is 5.02 Å². The Hall–Kier alpha value is -2.33. The van der Waals surface area contributed by atoms with Crippen LogP contribution in [0.15, 0.2) is 54.6 Å². The number of nitrogens with zero attached hydrogens (tertiary/aromatic N) is 1. The van der Waals surface area contributed by atoms with E-state index in [0.29, 0.717) is 17.1 Å². The molecule has 2 aromatic rings. The van der Waals surface area contributed by atoms with Gasteiger partial charge in [-0.25, -0.2) is 0 Å². The third kappa shape index (κ3) is 4.60. The number of rotatable bonds is 6. The van der Waals surface area contributed by atoms with Gasteiger partial charge in [-0.05, 0) is 37.1 Å². The molecule has 0 aliphatic rings. The third-order valence-corrected chi connectivity index (χ3v) is 4.32. The van der Waals surface area contributed by atoms with Crippen LogP contribution < -0.4 is 10.2 Å². The molecule has 25 heavy (non-hydrogen) atoms. The topological polar surface area (TPSA) is 49.4 Å². The monoisotopic (exact) mass is 358 g/mol. The van der Waals surface area contributed by atoms with Crippen molar-refractivity contribution in [2.75, 3.05) is 11.4 Å². The molecule has 0 spiro atoms. The summed E-state index contributed by atoms with van der Waals surface area (Å²) in [6, 6.07) is 15.6. The summed E-state index contributed by atoms with van der Waals surface area (Å²) in [7, 11) is 0. The van der Waals surface area contributed by atoms with E-state index in [9.17, 15) is 9.59 Å². The highest BCUT2D eigenvalue weighted by Crippen LogP contribution is 2.19. The number of hydrogen-bond donors (Lipinski definition) is 1. The molecular formula is C20H23ClN2O2. The summed E-state index contributed by atoms with van der Waals surface area (Å²) >= 11 is 6.09. The van der Waals surface area contributed by atoms with Gasteiger partial charge in [0.1, 0.15) is 6.04 Å².